The van der Waals surface area contributed by atoms with Crippen molar-refractivity contribution in [2.45, 2.75) is 45.4 Å². The Balaban J connectivity index is 1.53. The molecule has 30 heavy (non-hydrogen) atoms. The molecule has 2 aromatic rings. The number of rotatable bonds is 5. The number of benzene rings is 2. The van der Waals surface area contributed by atoms with E-state index in [9.17, 15) is 4.79 Å². The molecular formula is C25H32N2O3. The number of carbonyl (C=O) groups is 1. The second-order valence-electron chi connectivity index (χ2n) is 8.17. The fraction of sp³-hybridized carbons (Fsp3) is 0.480. The third-order valence-corrected chi connectivity index (χ3v) is 6.26. The number of likely N-dealkylation sites (tertiary alicyclic amines) is 1. The minimum Gasteiger partial charge on any atom is -0.492 e. The zero-order valence-electron chi connectivity index (χ0n) is 18.0. The number of hydrogen-bond acceptors (Lipinski definition) is 4. The standard InChI is InChI=1S/C25H32N2O3/c1-3-29-25(20-7-5-4-6-8-20)21-9-10-24-22(17-21)18-27(15-16-30-24)23-11-13-26(14-12-23)19(2)28/h4-10,17,23,25H,3,11-16,18H2,1-2H3. The van der Waals surface area contributed by atoms with Crippen LogP contribution in [0.2, 0.25) is 0 Å². The average Bonchev–Trinajstić information content (AvgIpc) is 3.00. The van der Waals surface area contributed by atoms with Gasteiger partial charge in [0.05, 0.1) is 0 Å². The summed E-state index contributed by atoms with van der Waals surface area (Å²) < 4.78 is 12.2. The molecule has 2 aliphatic heterocycles. The van der Waals surface area contributed by atoms with E-state index in [1.807, 2.05) is 17.9 Å². The molecule has 1 atom stereocenters. The fourth-order valence-electron chi connectivity index (χ4n) is 4.63. The van der Waals surface area contributed by atoms with Crippen LogP contribution >= 0.6 is 0 Å². The highest BCUT2D eigenvalue weighted by molar-refractivity contribution is 5.73. The monoisotopic (exact) mass is 408 g/mol. The molecular weight excluding hydrogens is 376 g/mol. The van der Waals surface area contributed by atoms with Crippen LogP contribution in [-0.4, -0.2) is 54.6 Å². The van der Waals surface area contributed by atoms with E-state index >= 15 is 0 Å². The Kier molecular flexibility index (Phi) is 6.70. The summed E-state index contributed by atoms with van der Waals surface area (Å²) in [5, 5.41) is 0. The summed E-state index contributed by atoms with van der Waals surface area (Å²) in [7, 11) is 0. The number of piperidine rings is 1. The van der Waals surface area contributed by atoms with Crippen molar-refractivity contribution in [1.29, 1.82) is 0 Å². The van der Waals surface area contributed by atoms with Gasteiger partial charge < -0.3 is 14.4 Å². The van der Waals surface area contributed by atoms with Crippen molar-refractivity contribution in [3.63, 3.8) is 0 Å². The fourth-order valence-corrected chi connectivity index (χ4v) is 4.63. The first-order valence-corrected chi connectivity index (χ1v) is 11.1. The molecule has 0 saturated carbocycles. The average molecular weight is 409 g/mol. The van der Waals surface area contributed by atoms with Crippen molar-refractivity contribution in [3.8, 4) is 5.75 Å². The van der Waals surface area contributed by atoms with Crippen molar-refractivity contribution in [3.05, 3.63) is 65.2 Å². The summed E-state index contributed by atoms with van der Waals surface area (Å²) in [6, 6.07) is 17.4. The van der Waals surface area contributed by atoms with Crippen molar-refractivity contribution in [2.24, 2.45) is 0 Å². The molecule has 2 aromatic carbocycles. The van der Waals surface area contributed by atoms with Crippen LogP contribution in [0, 0.1) is 0 Å². The lowest BCUT2D eigenvalue weighted by Crippen LogP contribution is -2.46. The molecule has 0 aliphatic carbocycles. The maximum absolute atomic E-state index is 11.7. The van der Waals surface area contributed by atoms with Crippen LogP contribution in [0.1, 0.15) is 49.5 Å². The second-order valence-corrected chi connectivity index (χ2v) is 8.17. The lowest BCUT2D eigenvalue weighted by atomic mass is 9.98. The van der Waals surface area contributed by atoms with Crippen molar-refractivity contribution in [1.82, 2.24) is 9.80 Å². The number of fused-ring (bicyclic) bond motifs is 1. The molecule has 2 heterocycles. The van der Waals surface area contributed by atoms with Crippen LogP contribution in [0.5, 0.6) is 5.75 Å². The highest BCUT2D eigenvalue weighted by Crippen LogP contribution is 2.32. The smallest absolute Gasteiger partial charge is 0.219 e. The van der Waals surface area contributed by atoms with Gasteiger partial charge in [0.1, 0.15) is 18.5 Å². The van der Waals surface area contributed by atoms with Crippen LogP contribution in [0.4, 0.5) is 0 Å². The van der Waals surface area contributed by atoms with E-state index in [4.69, 9.17) is 9.47 Å². The predicted molar refractivity (Wildman–Crippen MR) is 118 cm³/mol. The second kappa shape index (κ2) is 9.63. The molecule has 1 fully saturated rings. The van der Waals surface area contributed by atoms with Crippen molar-refractivity contribution in [2.75, 3.05) is 32.8 Å². The van der Waals surface area contributed by atoms with Gasteiger partial charge in [0.2, 0.25) is 5.91 Å². The first kappa shape index (κ1) is 20.9. The number of ether oxygens (including phenoxy) is 2. The molecule has 1 amide bonds. The highest BCUT2D eigenvalue weighted by atomic mass is 16.5. The van der Waals surface area contributed by atoms with Gasteiger partial charge >= 0.3 is 0 Å². The molecule has 0 aromatic heterocycles. The molecule has 5 nitrogen and oxygen atoms in total. The van der Waals surface area contributed by atoms with Crippen molar-refractivity contribution >= 4 is 5.91 Å². The zero-order chi connectivity index (χ0) is 20.9. The van der Waals surface area contributed by atoms with Crippen LogP contribution in [-0.2, 0) is 16.1 Å². The maximum atomic E-state index is 11.7. The summed E-state index contributed by atoms with van der Waals surface area (Å²) in [6.07, 6.45) is 1.98. The largest absolute Gasteiger partial charge is 0.492 e. The maximum Gasteiger partial charge on any atom is 0.219 e. The summed E-state index contributed by atoms with van der Waals surface area (Å²) in [4.78, 5) is 16.1. The van der Waals surface area contributed by atoms with E-state index in [2.05, 4.69) is 47.4 Å². The summed E-state index contributed by atoms with van der Waals surface area (Å²) in [5.74, 6) is 1.16. The van der Waals surface area contributed by atoms with Gasteiger partial charge in [-0.3, -0.25) is 9.69 Å². The molecule has 0 spiro atoms. The Morgan fingerprint density at radius 3 is 2.57 bits per heavy atom. The first-order chi connectivity index (χ1) is 14.7. The minimum absolute atomic E-state index is 0.0722. The first-order valence-electron chi connectivity index (χ1n) is 11.1. The van der Waals surface area contributed by atoms with Crippen LogP contribution < -0.4 is 4.74 Å². The van der Waals surface area contributed by atoms with Gasteiger partial charge in [-0.2, -0.15) is 0 Å². The van der Waals surface area contributed by atoms with Crippen LogP contribution in [0.15, 0.2) is 48.5 Å². The minimum atomic E-state index is -0.0722. The number of amides is 1. The Morgan fingerprint density at radius 2 is 1.87 bits per heavy atom. The number of carbonyl (C=O) groups excluding carboxylic acids is 1. The van der Waals surface area contributed by atoms with E-state index in [1.165, 1.54) is 16.7 Å². The molecule has 0 N–H and O–H groups in total. The summed E-state index contributed by atoms with van der Waals surface area (Å²) >= 11 is 0. The van der Waals surface area contributed by atoms with E-state index in [0.29, 0.717) is 19.3 Å². The molecule has 0 bridgehead atoms. The van der Waals surface area contributed by atoms with Gasteiger partial charge in [-0.1, -0.05) is 36.4 Å². The molecule has 5 heteroatoms. The number of nitrogens with zero attached hydrogens (tertiary/aromatic N) is 2. The molecule has 2 aliphatic rings. The third kappa shape index (κ3) is 4.68. The predicted octanol–water partition coefficient (Wildman–Crippen LogP) is 4.02. The number of hydrogen-bond donors (Lipinski definition) is 0. The summed E-state index contributed by atoms with van der Waals surface area (Å²) in [6.45, 7) is 8.57. The van der Waals surface area contributed by atoms with Gasteiger partial charge in [-0.05, 0) is 43.0 Å². The molecule has 0 radical (unpaired) electrons. The van der Waals surface area contributed by atoms with Gasteiger partial charge in [-0.25, -0.2) is 0 Å². The quantitative estimate of drug-likeness (QED) is 0.750. The molecule has 4 rings (SSSR count). The lowest BCUT2D eigenvalue weighted by molar-refractivity contribution is -0.130. The summed E-state index contributed by atoms with van der Waals surface area (Å²) in [5.41, 5.74) is 3.56. The third-order valence-electron chi connectivity index (χ3n) is 6.26. The normalized spacial score (nSPS) is 18.9. The molecule has 1 saturated heterocycles. The van der Waals surface area contributed by atoms with Gasteiger partial charge in [0, 0.05) is 51.3 Å². The van der Waals surface area contributed by atoms with Crippen LogP contribution in [0.3, 0.4) is 0 Å². The Bertz CT molecular complexity index is 847. The Hall–Kier alpha value is -2.37. The molecule has 160 valence electrons. The highest BCUT2D eigenvalue weighted by Gasteiger charge is 2.28. The van der Waals surface area contributed by atoms with E-state index in [1.54, 1.807) is 6.92 Å². The SMILES string of the molecule is CCOC(c1ccccc1)c1ccc2c(c1)CN(C1CCN(C(C)=O)CC1)CCO2. The van der Waals surface area contributed by atoms with E-state index < -0.39 is 0 Å². The van der Waals surface area contributed by atoms with Crippen LogP contribution in [0.25, 0.3) is 0 Å². The Labute approximate surface area is 179 Å². The van der Waals surface area contributed by atoms with E-state index in [0.717, 1.165) is 44.8 Å². The van der Waals surface area contributed by atoms with Gasteiger partial charge in [0.25, 0.3) is 0 Å². The zero-order valence-corrected chi connectivity index (χ0v) is 18.0. The van der Waals surface area contributed by atoms with Gasteiger partial charge in [0.15, 0.2) is 0 Å². The lowest BCUT2D eigenvalue weighted by Gasteiger charge is -2.37. The molecule has 1 unspecified atom stereocenters. The van der Waals surface area contributed by atoms with Crippen molar-refractivity contribution < 1.29 is 14.3 Å². The van der Waals surface area contributed by atoms with Gasteiger partial charge in [-0.15, -0.1) is 0 Å². The Morgan fingerprint density at radius 1 is 1.10 bits per heavy atom. The van der Waals surface area contributed by atoms with E-state index in [-0.39, 0.29) is 12.0 Å². The topological polar surface area (TPSA) is 42.0 Å².